The van der Waals surface area contributed by atoms with Gasteiger partial charge in [-0.3, -0.25) is 4.79 Å². The molecule has 4 heteroatoms. The van der Waals surface area contributed by atoms with Crippen LogP contribution in [0.4, 0.5) is 0 Å². The maximum atomic E-state index is 12.8. The Hall–Kier alpha value is -3.11. The van der Waals surface area contributed by atoms with Gasteiger partial charge in [0.25, 0.3) is 5.91 Å². The Labute approximate surface area is 184 Å². The van der Waals surface area contributed by atoms with Crippen molar-refractivity contribution in [2.75, 3.05) is 6.61 Å². The van der Waals surface area contributed by atoms with E-state index < -0.39 is 0 Å². The molecule has 150 valence electrons. The van der Waals surface area contributed by atoms with Gasteiger partial charge in [0.2, 0.25) is 0 Å². The second kappa shape index (κ2) is 9.14. The van der Waals surface area contributed by atoms with Gasteiger partial charge in [-0.25, -0.2) is 0 Å². The Kier molecular flexibility index (Phi) is 6.15. The van der Waals surface area contributed by atoms with Crippen LogP contribution in [-0.2, 0) is 4.79 Å². The quantitative estimate of drug-likeness (QED) is 0.372. The summed E-state index contributed by atoms with van der Waals surface area (Å²) in [5.74, 6) is 0.475. The van der Waals surface area contributed by atoms with E-state index in [9.17, 15) is 4.79 Å². The van der Waals surface area contributed by atoms with Crippen molar-refractivity contribution < 1.29 is 9.53 Å². The van der Waals surface area contributed by atoms with Gasteiger partial charge in [0.15, 0.2) is 6.61 Å². The average Bonchev–Trinajstić information content (AvgIpc) is 2.78. The summed E-state index contributed by atoms with van der Waals surface area (Å²) in [7, 11) is 0. The van der Waals surface area contributed by atoms with Gasteiger partial charge < -0.3 is 10.1 Å². The van der Waals surface area contributed by atoms with Crippen LogP contribution in [-0.4, -0.2) is 12.5 Å². The van der Waals surface area contributed by atoms with Crippen LogP contribution in [0.1, 0.15) is 22.7 Å². The highest BCUT2D eigenvalue weighted by Gasteiger charge is 2.19. The highest BCUT2D eigenvalue weighted by molar-refractivity contribution is 9.10. The van der Waals surface area contributed by atoms with Crippen LogP contribution < -0.4 is 10.1 Å². The number of benzene rings is 4. The number of halogens is 1. The molecule has 30 heavy (non-hydrogen) atoms. The maximum Gasteiger partial charge on any atom is 0.258 e. The number of amides is 1. The minimum atomic E-state index is -0.233. The van der Waals surface area contributed by atoms with E-state index in [1.165, 1.54) is 0 Å². The van der Waals surface area contributed by atoms with Gasteiger partial charge in [-0.2, -0.15) is 0 Å². The smallest absolute Gasteiger partial charge is 0.258 e. The first-order valence-corrected chi connectivity index (χ1v) is 10.6. The third kappa shape index (κ3) is 4.39. The fourth-order valence-corrected chi connectivity index (χ4v) is 4.18. The second-order valence-electron chi connectivity index (χ2n) is 7.16. The molecular weight excluding hydrogens is 438 g/mol. The highest BCUT2D eigenvalue weighted by atomic mass is 79.9. The average molecular weight is 460 g/mol. The van der Waals surface area contributed by atoms with Gasteiger partial charge in [-0.1, -0.05) is 84.9 Å². The van der Waals surface area contributed by atoms with Crippen LogP contribution in [0.3, 0.4) is 0 Å². The lowest BCUT2D eigenvalue weighted by Gasteiger charge is -2.22. The Morgan fingerprint density at radius 1 is 0.900 bits per heavy atom. The van der Waals surface area contributed by atoms with Crippen LogP contribution in [0.25, 0.3) is 10.8 Å². The first-order chi connectivity index (χ1) is 14.6. The summed E-state index contributed by atoms with van der Waals surface area (Å²) >= 11 is 3.61. The highest BCUT2D eigenvalue weighted by Crippen LogP contribution is 2.33. The monoisotopic (exact) mass is 459 g/mol. The zero-order valence-electron chi connectivity index (χ0n) is 16.6. The van der Waals surface area contributed by atoms with Gasteiger partial charge >= 0.3 is 0 Å². The molecular formula is C26H22BrNO2. The fourth-order valence-electron chi connectivity index (χ4n) is 3.57. The molecule has 0 aromatic heterocycles. The van der Waals surface area contributed by atoms with E-state index in [4.69, 9.17) is 4.74 Å². The Bertz CT molecular complexity index is 1170. The van der Waals surface area contributed by atoms with Crippen molar-refractivity contribution in [1.29, 1.82) is 0 Å². The molecule has 0 aliphatic carbocycles. The second-order valence-corrected chi connectivity index (χ2v) is 7.95. The third-order valence-electron chi connectivity index (χ3n) is 5.12. The van der Waals surface area contributed by atoms with Crippen molar-refractivity contribution in [2.24, 2.45) is 0 Å². The lowest BCUT2D eigenvalue weighted by molar-refractivity contribution is -0.123. The molecule has 4 aromatic rings. The van der Waals surface area contributed by atoms with Crippen LogP contribution in [0.15, 0.2) is 95.5 Å². The standard InChI is InChI=1S/C26H22BrNO2/c1-18-9-5-7-13-21(18)26(20-11-3-2-4-12-20)28-24(29)17-30-23-16-15-19-10-6-8-14-22(19)25(23)27/h2-16,26H,17H2,1H3,(H,28,29)/t26-/m0/s1. The molecule has 0 heterocycles. The summed E-state index contributed by atoms with van der Waals surface area (Å²) < 4.78 is 6.70. The number of carbonyl (C=O) groups excluding carboxylic acids is 1. The van der Waals surface area contributed by atoms with E-state index in [1.807, 2.05) is 84.9 Å². The van der Waals surface area contributed by atoms with E-state index >= 15 is 0 Å². The first-order valence-electron chi connectivity index (χ1n) is 9.83. The SMILES string of the molecule is Cc1ccccc1[C@@H](NC(=O)COc1ccc2ccccc2c1Br)c1ccccc1. The summed E-state index contributed by atoms with van der Waals surface area (Å²) in [5.41, 5.74) is 3.24. The van der Waals surface area contributed by atoms with Crippen LogP contribution in [0, 0.1) is 6.92 Å². The first kappa shape index (κ1) is 20.2. The van der Waals surface area contributed by atoms with E-state index in [2.05, 4.69) is 34.2 Å². The minimum absolute atomic E-state index is 0.0633. The van der Waals surface area contributed by atoms with Crippen LogP contribution in [0.2, 0.25) is 0 Å². The topological polar surface area (TPSA) is 38.3 Å². The van der Waals surface area contributed by atoms with Gasteiger partial charge in [-0.15, -0.1) is 0 Å². The Morgan fingerprint density at radius 3 is 2.40 bits per heavy atom. The molecule has 0 fully saturated rings. The van der Waals surface area contributed by atoms with Gasteiger partial charge in [-0.05, 0) is 56.4 Å². The van der Waals surface area contributed by atoms with Crippen molar-refractivity contribution in [3.63, 3.8) is 0 Å². The lowest BCUT2D eigenvalue weighted by atomic mass is 9.95. The molecule has 1 N–H and O–H groups in total. The molecule has 0 spiro atoms. The van der Waals surface area contributed by atoms with Gasteiger partial charge in [0, 0.05) is 0 Å². The molecule has 3 nitrogen and oxygen atoms in total. The van der Waals surface area contributed by atoms with Crippen molar-refractivity contribution in [2.45, 2.75) is 13.0 Å². The summed E-state index contributed by atoms with van der Waals surface area (Å²) in [6.07, 6.45) is 0. The van der Waals surface area contributed by atoms with Crippen LogP contribution >= 0.6 is 15.9 Å². The Balaban J connectivity index is 1.52. The summed E-state index contributed by atoms with van der Waals surface area (Å²) in [4.78, 5) is 12.8. The van der Waals surface area contributed by atoms with Crippen molar-refractivity contribution in [3.8, 4) is 5.75 Å². The molecule has 0 unspecified atom stereocenters. The van der Waals surface area contributed by atoms with E-state index in [0.29, 0.717) is 5.75 Å². The minimum Gasteiger partial charge on any atom is -0.483 e. The predicted molar refractivity (Wildman–Crippen MR) is 125 cm³/mol. The number of fused-ring (bicyclic) bond motifs is 1. The number of hydrogen-bond donors (Lipinski definition) is 1. The molecule has 0 radical (unpaired) electrons. The molecule has 0 aliphatic rings. The number of ether oxygens (including phenoxy) is 1. The van der Waals surface area contributed by atoms with Gasteiger partial charge in [0.05, 0.1) is 10.5 Å². The van der Waals surface area contributed by atoms with Gasteiger partial charge in [0.1, 0.15) is 5.75 Å². The van der Waals surface area contributed by atoms with E-state index in [0.717, 1.165) is 31.9 Å². The normalized spacial score (nSPS) is 11.8. The molecule has 0 saturated carbocycles. The van der Waals surface area contributed by atoms with Crippen molar-refractivity contribution >= 4 is 32.6 Å². The maximum absolute atomic E-state index is 12.8. The van der Waals surface area contributed by atoms with E-state index in [-0.39, 0.29) is 18.6 Å². The molecule has 0 aliphatic heterocycles. The molecule has 1 atom stereocenters. The lowest BCUT2D eigenvalue weighted by Crippen LogP contribution is -2.33. The summed E-state index contributed by atoms with van der Waals surface area (Å²) in [6, 6.07) is 29.8. The number of carbonyl (C=O) groups is 1. The molecule has 0 saturated heterocycles. The molecule has 1 amide bonds. The molecule has 4 rings (SSSR count). The largest absolute Gasteiger partial charge is 0.483 e. The van der Waals surface area contributed by atoms with Crippen LogP contribution in [0.5, 0.6) is 5.75 Å². The number of nitrogens with one attached hydrogen (secondary N) is 1. The third-order valence-corrected chi connectivity index (χ3v) is 5.94. The van der Waals surface area contributed by atoms with Crippen molar-refractivity contribution in [3.05, 3.63) is 112 Å². The Morgan fingerprint density at radius 2 is 1.60 bits per heavy atom. The number of hydrogen-bond acceptors (Lipinski definition) is 2. The zero-order valence-corrected chi connectivity index (χ0v) is 18.2. The predicted octanol–water partition coefficient (Wildman–Crippen LogP) is 6.20. The van der Waals surface area contributed by atoms with E-state index in [1.54, 1.807) is 0 Å². The molecule has 0 bridgehead atoms. The zero-order chi connectivity index (χ0) is 20.9. The fraction of sp³-hybridized carbons (Fsp3) is 0.115. The summed E-state index contributed by atoms with van der Waals surface area (Å²) in [5, 5.41) is 5.31. The number of aryl methyl sites for hydroxylation is 1. The number of rotatable bonds is 6. The van der Waals surface area contributed by atoms with Crippen molar-refractivity contribution in [1.82, 2.24) is 5.32 Å². The summed E-state index contributed by atoms with van der Waals surface area (Å²) in [6.45, 7) is 1.99. The molecule has 4 aromatic carbocycles.